The van der Waals surface area contributed by atoms with E-state index in [9.17, 15) is 0 Å². The molecule has 1 aromatic rings. The molecule has 3 nitrogen and oxygen atoms in total. The minimum absolute atomic E-state index is 0.164. The zero-order chi connectivity index (χ0) is 13.0. The van der Waals surface area contributed by atoms with Gasteiger partial charge in [-0.1, -0.05) is 47.6 Å². The van der Waals surface area contributed by atoms with Crippen molar-refractivity contribution in [1.29, 1.82) is 0 Å². The number of benzene rings is 1. The molecule has 1 aromatic carbocycles. The van der Waals surface area contributed by atoms with Crippen LogP contribution in [0.15, 0.2) is 47.6 Å². The average Bonchev–Trinajstić information content (AvgIpc) is 2.40. The lowest BCUT2D eigenvalue weighted by atomic mass is 9.91. The van der Waals surface area contributed by atoms with Crippen molar-refractivity contribution in [2.24, 2.45) is 11.1 Å². The molecule has 96 valence electrons. The van der Waals surface area contributed by atoms with Crippen molar-refractivity contribution in [3.63, 3.8) is 0 Å². The summed E-state index contributed by atoms with van der Waals surface area (Å²) in [4.78, 5) is 5.46. The van der Waals surface area contributed by atoms with Crippen molar-refractivity contribution < 1.29 is 9.57 Å². The molecular formula is C15H19NO2. The summed E-state index contributed by atoms with van der Waals surface area (Å²) in [7, 11) is 0. The Morgan fingerprint density at radius 1 is 1.44 bits per heavy atom. The molecular weight excluding hydrogens is 226 g/mol. The molecule has 0 unspecified atom stereocenters. The third kappa shape index (κ3) is 2.79. The molecule has 1 heterocycles. The molecule has 0 saturated heterocycles. The number of ether oxygens (including phenoxy) is 1. The van der Waals surface area contributed by atoms with Crippen LogP contribution in [0.1, 0.15) is 25.8 Å². The van der Waals surface area contributed by atoms with Crippen molar-refractivity contribution >= 4 is 5.71 Å². The second-order valence-electron chi connectivity index (χ2n) is 4.49. The van der Waals surface area contributed by atoms with Gasteiger partial charge in [0.15, 0.2) is 0 Å². The van der Waals surface area contributed by atoms with Crippen molar-refractivity contribution in [3.05, 3.63) is 48.0 Å². The molecule has 0 amide bonds. The van der Waals surface area contributed by atoms with Gasteiger partial charge in [-0.05, 0) is 19.4 Å². The summed E-state index contributed by atoms with van der Waals surface area (Å²) in [6.07, 6.45) is 0.504. The molecule has 0 spiro atoms. The second kappa shape index (κ2) is 5.83. The predicted molar refractivity (Wildman–Crippen MR) is 72.4 cm³/mol. The maximum atomic E-state index is 5.55. The first-order valence-corrected chi connectivity index (χ1v) is 6.27. The standard InChI is InChI=1S/C15H19NO2/c1-4-17-15-13(11(2)3)10-14(16-18-15)12-8-6-5-7-9-12/h5-9,13,15H,2,4,10H2,1,3H3/t13-,15+/m0/s1. The maximum Gasteiger partial charge on any atom is 0.233 e. The highest BCUT2D eigenvalue weighted by Gasteiger charge is 2.30. The van der Waals surface area contributed by atoms with Gasteiger partial charge in [0.25, 0.3) is 0 Å². The third-order valence-corrected chi connectivity index (χ3v) is 3.08. The molecule has 0 N–H and O–H groups in total. The molecule has 0 bridgehead atoms. The number of rotatable bonds is 4. The van der Waals surface area contributed by atoms with E-state index < -0.39 is 0 Å². The molecule has 1 aliphatic rings. The van der Waals surface area contributed by atoms with Crippen LogP contribution in [0.25, 0.3) is 0 Å². The Hall–Kier alpha value is -1.61. The first kappa shape index (κ1) is 12.8. The fraction of sp³-hybridized carbons (Fsp3) is 0.400. The van der Waals surface area contributed by atoms with E-state index in [2.05, 4.69) is 11.7 Å². The molecule has 3 heteroatoms. The molecule has 0 fully saturated rings. The van der Waals surface area contributed by atoms with Gasteiger partial charge >= 0.3 is 0 Å². The smallest absolute Gasteiger partial charge is 0.233 e. The zero-order valence-electron chi connectivity index (χ0n) is 10.9. The van der Waals surface area contributed by atoms with E-state index in [0.717, 1.165) is 23.3 Å². The topological polar surface area (TPSA) is 30.8 Å². The summed E-state index contributed by atoms with van der Waals surface area (Å²) in [6, 6.07) is 10.1. The lowest BCUT2D eigenvalue weighted by molar-refractivity contribution is -0.167. The van der Waals surface area contributed by atoms with Gasteiger partial charge in [-0.2, -0.15) is 0 Å². The molecule has 0 saturated carbocycles. The van der Waals surface area contributed by atoms with Crippen molar-refractivity contribution in [1.82, 2.24) is 0 Å². The Labute approximate surface area is 108 Å². The van der Waals surface area contributed by atoms with Gasteiger partial charge in [-0.15, -0.1) is 0 Å². The highest BCUT2D eigenvalue weighted by Crippen LogP contribution is 2.28. The summed E-state index contributed by atoms with van der Waals surface area (Å²) in [6.45, 7) is 8.60. The quantitative estimate of drug-likeness (QED) is 0.761. The van der Waals surface area contributed by atoms with E-state index in [4.69, 9.17) is 9.57 Å². The minimum atomic E-state index is -0.306. The van der Waals surface area contributed by atoms with Crippen LogP contribution in [0.4, 0.5) is 0 Å². The predicted octanol–water partition coefficient (Wildman–Crippen LogP) is 3.37. The summed E-state index contributed by atoms with van der Waals surface area (Å²) in [5, 5.41) is 4.18. The fourth-order valence-electron chi connectivity index (χ4n) is 2.05. The van der Waals surface area contributed by atoms with Gasteiger partial charge in [-0.3, -0.25) is 0 Å². The molecule has 1 aliphatic heterocycles. The lowest BCUT2D eigenvalue weighted by Gasteiger charge is -2.29. The number of nitrogens with zero attached hydrogens (tertiary/aromatic N) is 1. The van der Waals surface area contributed by atoms with Crippen molar-refractivity contribution in [3.8, 4) is 0 Å². The van der Waals surface area contributed by atoms with E-state index in [1.54, 1.807) is 0 Å². The highest BCUT2D eigenvalue weighted by molar-refractivity contribution is 6.00. The first-order chi connectivity index (χ1) is 8.72. The van der Waals surface area contributed by atoms with Gasteiger partial charge in [0, 0.05) is 13.0 Å². The lowest BCUT2D eigenvalue weighted by Crippen LogP contribution is -2.32. The minimum Gasteiger partial charge on any atom is -0.363 e. The van der Waals surface area contributed by atoms with Gasteiger partial charge in [-0.25, -0.2) is 0 Å². The largest absolute Gasteiger partial charge is 0.363 e. The average molecular weight is 245 g/mol. The molecule has 0 radical (unpaired) electrons. The van der Waals surface area contributed by atoms with Gasteiger partial charge < -0.3 is 9.57 Å². The Morgan fingerprint density at radius 3 is 2.78 bits per heavy atom. The van der Waals surface area contributed by atoms with Crippen LogP contribution in [0, 0.1) is 5.92 Å². The Morgan fingerprint density at radius 2 is 2.17 bits per heavy atom. The number of oxime groups is 1. The first-order valence-electron chi connectivity index (χ1n) is 6.27. The van der Waals surface area contributed by atoms with E-state index in [1.807, 2.05) is 44.2 Å². The maximum absolute atomic E-state index is 5.55. The third-order valence-electron chi connectivity index (χ3n) is 3.08. The van der Waals surface area contributed by atoms with E-state index in [-0.39, 0.29) is 12.2 Å². The summed E-state index contributed by atoms with van der Waals surface area (Å²) >= 11 is 0. The monoisotopic (exact) mass is 245 g/mol. The van der Waals surface area contributed by atoms with Crippen LogP contribution < -0.4 is 0 Å². The van der Waals surface area contributed by atoms with Gasteiger partial charge in [0.05, 0.1) is 11.6 Å². The summed E-state index contributed by atoms with van der Waals surface area (Å²) in [5.41, 5.74) is 3.12. The van der Waals surface area contributed by atoms with E-state index >= 15 is 0 Å². The normalized spacial score (nSPS) is 23.1. The highest BCUT2D eigenvalue weighted by atomic mass is 16.8. The van der Waals surface area contributed by atoms with Crippen LogP contribution in [0.5, 0.6) is 0 Å². The van der Waals surface area contributed by atoms with Crippen LogP contribution in [-0.2, 0) is 9.57 Å². The van der Waals surface area contributed by atoms with Crippen LogP contribution >= 0.6 is 0 Å². The summed E-state index contributed by atoms with van der Waals surface area (Å²) in [5.74, 6) is 0.164. The Balaban J connectivity index is 2.19. The van der Waals surface area contributed by atoms with Crippen LogP contribution in [-0.4, -0.2) is 18.6 Å². The van der Waals surface area contributed by atoms with Crippen molar-refractivity contribution in [2.75, 3.05) is 6.61 Å². The van der Waals surface area contributed by atoms with E-state index in [1.165, 1.54) is 0 Å². The van der Waals surface area contributed by atoms with E-state index in [0.29, 0.717) is 6.61 Å². The fourth-order valence-corrected chi connectivity index (χ4v) is 2.05. The van der Waals surface area contributed by atoms with Gasteiger partial charge in [0.2, 0.25) is 6.29 Å². The van der Waals surface area contributed by atoms with Crippen LogP contribution in [0.2, 0.25) is 0 Å². The second-order valence-corrected chi connectivity index (χ2v) is 4.49. The van der Waals surface area contributed by atoms with Gasteiger partial charge in [0.1, 0.15) is 0 Å². The molecule has 18 heavy (non-hydrogen) atoms. The molecule has 0 aromatic heterocycles. The number of hydrogen-bond donors (Lipinski definition) is 0. The molecule has 2 rings (SSSR count). The molecule has 0 aliphatic carbocycles. The Bertz CT molecular complexity index is 439. The SMILES string of the molecule is C=C(C)[C@@H]1CC(c2ccccc2)=NO[C@H]1OCC. The van der Waals surface area contributed by atoms with Crippen molar-refractivity contribution in [2.45, 2.75) is 26.6 Å². The summed E-state index contributed by atoms with van der Waals surface area (Å²) < 4.78 is 5.55. The molecule has 2 atom stereocenters. The number of hydrogen-bond acceptors (Lipinski definition) is 3. The Kier molecular flexibility index (Phi) is 4.15. The zero-order valence-corrected chi connectivity index (χ0v) is 10.9. The van der Waals surface area contributed by atoms with Crippen LogP contribution in [0.3, 0.4) is 0 Å².